The number of sulfonamides is 1. The van der Waals surface area contributed by atoms with E-state index in [4.69, 9.17) is 18.7 Å². The average molecular weight is 699 g/mol. The number of rotatable bonds is 15. The molecule has 0 bridgehead atoms. The fraction of sp³-hybridized carbons (Fsp3) is 0.611. The van der Waals surface area contributed by atoms with Crippen LogP contribution in [-0.4, -0.2) is 86.5 Å². The van der Waals surface area contributed by atoms with E-state index in [2.05, 4.69) is 15.8 Å². The molecule has 1 saturated carbocycles. The second kappa shape index (κ2) is 16.3. The zero-order valence-corrected chi connectivity index (χ0v) is 29.3. The summed E-state index contributed by atoms with van der Waals surface area (Å²) in [5.41, 5.74) is 2.05. The van der Waals surface area contributed by atoms with Crippen molar-refractivity contribution < 1.29 is 37.1 Å². The highest BCUT2D eigenvalue weighted by atomic mass is 32.2. The lowest BCUT2D eigenvalue weighted by molar-refractivity contribution is -0.0907. The molecule has 1 aromatic heterocycles. The van der Waals surface area contributed by atoms with Crippen molar-refractivity contribution in [3.63, 3.8) is 0 Å². The zero-order chi connectivity index (χ0) is 34.4. The molecule has 3 heterocycles. The average Bonchev–Trinajstić information content (AvgIpc) is 3.82. The van der Waals surface area contributed by atoms with Gasteiger partial charge in [0.25, 0.3) is 0 Å². The fourth-order valence-electron chi connectivity index (χ4n) is 7.23. The van der Waals surface area contributed by atoms with Crippen molar-refractivity contribution in [2.24, 2.45) is 17.8 Å². The first-order valence-corrected chi connectivity index (χ1v) is 19.1. The molecular formula is C36H50N4O8S. The maximum absolute atomic E-state index is 14.3. The molecule has 2 aromatic carbocycles. The van der Waals surface area contributed by atoms with Crippen LogP contribution >= 0.6 is 0 Å². The highest BCUT2D eigenvalue weighted by Crippen LogP contribution is 2.33. The van der Waals surface area contributed by atoms with E-state index >= 15 is 0 Å². The molecular weight excluding hydrogens is 648 g/mol. The van der Waals surface area contributed by atoms with Crippen molar-refractivity contribution in [2.75, 3.05) is 32.8 Å². The van der Waals surface area contributed by atoms with Crippen LogP contribution in [0.15, 0.2) is 57.9 Å². The third-order valence-corrected chi connectivity index (χ3v) is 11.7. The monoisotopic (exact) mass is 698 g/mol. The number of aromatic nitrogens is 1. The smallest absolute Gasteiger partial charge is 0.407 e. The van der Waals surface area contributed by atoms with Crippen LogP contribution in [0.5, 0.6) is 0 Å². The first-order chi connectivity index (χ1) is 23.7. The standard InChI is InChI=1S/C36H50N4O8S/c1-24(2)21-40(49(43,44)27-13-14-33-29(18-27)31(39-48-33)20-37-19-26-11-7-4-8-12-26)22-32(41)30(17-25-9-5-3-6-10-25)38-36(42)47-34-23-46-35-28(34)15-16-45-35/h3,5-6,9-10,13-14,18,24,26,28,30,32,34-35,37,41H,4,7-8,11-12,15-17,19-23H2,1-2H3,(H,38,42)/t28-,30-,32+,34-,35+/m0/s1. The van der Waals surface area contributed by atoms with Crippen LogP contribution in [0.3, 0.4) is 0 Å². The predicted octanol–water partition coefficient (Wildman–Crippen LogP) is 4.60. The van der Waals surface area contributed by atoms with Gasteiger partial charge in [0.1, 0.15) is 11.8 Å². The Kier molecular flexibility index (Phi) is 11.9. The number of aliphatic hydroxyl groups excluding tert-OH is 1. The van der Waals surface area contributed by atoms with Gasteiger partial charge in [-0.15, -0.1) is 0 Å². The number of alkyl carbamates (subject to hydrolysis) is 1. The molecule has 1 aliphatic carbocycles. The summed E-state index contributed by atoms with van der Waals surface area (Å²) in [6.45, 7) is 5.94. The van der Waals surface area contributed by atoms with Gasteiger partial charge >= 0.3 is 6.09 Å². The molecule has 49 heavy (non-hydrogen) atoms. The lowest BCUT2D eigenvalue weighted by Gasteiger charge is -2.31. The normalized spacial score (nSPS) is 22.8. The summed E-state index contributed by atoms with van der Waals surface area (Å²) in [5.74, 6) is 0.577. The van der Waals surface area contributed by atoms with Crippen LogP contribution in [-0.2, 0) is 37.2 Å². The predicted molar refractivity (Wildman–Crippen MR) is 183 cm³/mol. The van der Waals surface area contributed by atoms with Gasteiger partial charge in [-0.1, -0.05) is 68.6 Å². The Hall–Kier alpha value is -3.07. The summed E-state index contributed by atoms with van der Waals surface area (Å²) >= 11 is 0. The Bertz CT molecular complexity index is 1630. The summed E-state index contributed by atoms with van der Waals surface area (Å²) < 4.78 is 52.2. The Labute approximate surface area is 288 Å². The number of ether oxygens (including phenoxy) is 3. The minimum absolute atomic E-state index is 0.0321. The number of carbonyl (C=O) groups excluding carboxylic acids is 1. The van der Waals surface area contributed by atoms with E-state index < -0.39 is 34.4 Å². The third kappa shape index (κ3) is 9.00. The summed E-state index contributed by atoms with van der Waals surface area (Å²) in [4.78, 5) is 13.3. The minimum atomic E-state index is -4.07. The summed E-state index contributed by atoms with van der Waals surface area (Å²) in [5, 5.41) is 22.9. The second-order valence-corrected chi connectivity index (χ2v) is 16.1. The lowest BCUT2D eigenvalue weighted by atomic mass is 9.89. The number of carbonyl (C=O) groups is 1. The van der Waals surface area contributed by atoms with Crippen LogP contribution in [0.2, 0.25) is 0 Å². The minimum Gasteiger partial charge on any atom is -0.443 e. The van der Waals surface area contributed by atoms with E-state index in [0.29, 0.717) is 35.7 Å². The molecule has 0 radical (unpaired) electrons. The summed E-state index contributed by atoms with van der Waals surface area (Å²) in [7, 11) is -4.07. The Balaban J connectivity index is 1.17. The molecule has 3 aliphatic rings. The topological polar surface area (TPSA) is 152 Å². The lowest BCUT2D eigenvalue weighted by Crippen LogP contribution is -2.51. The van der Waals surface area contributed by atoms with Gasteiger partial charge in [0.2, 0.25) is 10.0 Å². The largest absolute Gasteiger partial charge is 0.443 e. The molecule has 1 amide bonds. The van der Waals surface area contributed by atoms with Crippen LogP contribution in [0, 0.1) is 17.8 Å². The van der Waals surface area contributed by atoms with Crippen LogP contribution < -0.4 is 10.6 Å². The third-order valence-electron chi connectivity index (χ3n) is 9.87. The molecule has 3 N–H and O–H groups in total. The highest BCUT2D eigenvalue weighted by Gasteiger charge is 2.44. The van der Waals surface area contributed by atoms with E-state index in [0.717, 1.165) is 18.5 Å². The maximum atomic E-state index is 14.3. The van der Waals surface area contributed by atoms with Gasteiger partial charge < -0.3 is 34.5 Å². The molecule has 3 aromatic rings. The van der Waals surface area contributed by atoms with E-state index in [1.54, 1.807) is 12.1 Å². The van der Waals surface area contributed by atoms with Crippen molar-refractivity contribution in [3.05, 3.63) is 59.8 Å². The zero-order valence-electron chi connectivity index (χ0n) is 28.5. The van der Waals surface area contributed by atoms with Crippen LogP contribution in [0.1, 0.15) is 63.6 Å². The maximum Gasteiger partial charge on any atom is 0.407 e. The molecule has 0 spiro atoms. The van der Waals surface area contributed by atoms with Crippen molar-refractivity contribution in [3.8, 4) is 0 Å². The number of fused-ring (bicyclic) bond motifs is 2. The Morgan fingerprint density at radius 1 is 1.06 bits per heavy atom. The van der Waals surface area contributed by atoms with Crippen molar-refractivity contribution in [1.29, 1.82) is 0 Å². The Morgan fingerprint density at radius 3 is 2.63 bits per heavy atom. The number of benzene rings is 2. The molecule has 12 nitrogen and oxygen atoms in total. The summed E-state index contributed by atoms with van der Waals surface area (Å²) in [6.07, 6.45) is 4.52. The van der Waals surface area contributed by atoms with Gasteiger partial charge in [0, 0.05) is 25.0 Å². The van der Waals surface area contributed by atoms with Gasteiger partial charge in [-0.25, -0.2) is 13.2 Å². The molecule has 5 atom stereocenters. The van der Waals surface area contributed by atoms with Crippen molar-refractivity contribution >= 4 is 27.1 Å². The molecule has 2 saturated heterocycles. The van der Waals surface area contributed by atoms with Gasteiger partial charge in [-0.3, -0.25) is 0 Å². The molecule has 3 fully saturated rings. The van der Waals surface area contributed by atoms with Crippen LogP contribution in [0.25, 0.3) is 11.0 Å². The molecule has 268 valence electrons. The number of aliphatic hydroxyl groups is 1. The number of nitrogens with one attached hydrogen (secondary N) is 2. The first-order valence-electron chi connectivity index (χ1n) is 17.7. The van der Waals surface area contributed by atoms with Gasteiger partial charge in [-0.05, 0) is 67.8 Å². The van der Waals surface area contributed by atoms with E-state index in [1.807, 2.05) is 44.2 Å². The molecule has 2 aliphatic heterocycles. The highest BCUT2D eigenvalue weighted by molar-refractivity contribution is 7.89. The van der Waals surface area contributed by atoms with Gasteiger partial charge in [0.15, 0.2) is 11.9 Å². The van der Waals surface area contributed by atoms with Gasteiger partial charge in [-0.2, -0.15) is 4.31 Å². The van der Waals surface area contributed by atoms with Crippen molar-refractivity contribution in [1.82, 2.24) is 20.1 Å². The Morgan fingerprint density at radius 2 is 1.86 bits per heavy atom. The molecule has 0 unspecified atom stereocenters. The van der Waals surface area contributed by atoms with E-state index in [1.165, 1.54) is 42.5 Å². The molecule has 13 heteroatoms. The van der Waals surface area contributed by atoms with Crippen LogP contribution in [0.4, 0.5) is 4.79 Å². The summed E-state index contributed by atoms with van der Waals surface area (Å²) in [6, 6.07) is 13.4. The quantitative estimate of drug-likeness (QED) is 0.205. The van der Waals surface area contributed by atoms with Crippen molar-refractivity contribution in [2.45, 2.75) is 94.8 Å². The molecule has 6 rings (SSSR count). The number of hydrogen-bond donors (Lipinski definition) is 3. The number of amides is 1. The van der Waals surface area contributed by atoms with Gasteiger partial charge in [0.05, 0.1) is 36.2 Å². The fourth-order valence-corrected chi connectivity index (χ4v) is 8.87. The van der Waals surface area contributed by atoms with E-state index in [9.17, 15) is 18.3 Å². The second-order valence-electron chi connectivity index (χ2n) is 14.1. The van der Waals surface area contributed by atoms with E-state index in [-0.39, 0.29) is 49.1 Å². The first kappa shape index (κ1) is 35.7. The number of nitrogens with zero attached hydrogens (tertiary/aromatic N) is 2. The SMILES string of the molecule is CC(C)CN(C[C@@H](O)[C@H](Cc1ccccc1)NC(=O)O[C@H]1CO[C@H]2OCC[C@H]21)S(=O)(=O)c1ccc2onc(CNCC3CCCCC3)c2c1. The number of hydrogen-bond acceptors (Lipinski definition) is 10.